The zero-order chi connectivity index (χ0) is 9.14. The van der Waals surface area contributed by atoms with E-state index in [4.69, 9.17) is 11.3 Å². The lowest BCUT2D eigenvalue weighted by molar-refractivity contribution is -0.00697. The van der Waals surface area contributed by atoms with Crippen LogP contribution in [0.1, 0.15) is 20.3 Å². The molecule has 0 heterocycles. The number of hydrogen-bond donors (Lipinski definition) is 1. The highest BCUT2D eigenvalue weighted by molar-refractivity contribution is 5.98. The Morgan fingerprint density at radius 3 is 2.75 bits per heavy atom. The lowest BCUT2D eigenvalue weighted by Gasteiger charge is -2.14. The van der Waals surface area contributed by atoms with E-state index in [1.54, 1.807) is 6.08 Å². The van der Waals surface area contributed by atoms with Crippen molar-refractivity contribution in [2.24, 2.45) is 5.73 Å². The highest BCUT2D eigenvalue weighted by Gasteiger charge is 2.23. The standard InChI is InChI=1S/C9H13N3/c1-3-7-4-5-8(12-11)9(10)6(7)2/h4-5,9H,3,10H2,1-2H3. The molecule has 3 heteroatoms. The van der Waals surface area contributed by atoms with E-state index in [2.05, 4.69) is 11.7 Å². The van der Waals surface area contributed by atoms with Gasteiger partial charge in [0.15, 0.2) is 0 Å². The number of nitrogens with zero attached hydrogens (tertiary/aromatic N) is 2. The summed E-state index contributed by atoms with van der Waals surface area (Å²) in [7, 11) is 0. The molecule has 2 N–H and O–H groups in total. The van der Waals surface area contributed by atoms with Gasteiger partial charge in [-0.15, -0.1) is 0 Å². The Balaban J connectivity index is 3.07. The second kappa shape index (κ2) is 3.48. The molecule has 0 amide bonds. The average molecular weight is 163 g/mol. The van der Waals surface area contributed by atoms with Gasteiger partial charge in [0, 0.05) is 6.08 Å². The predicted molar refractivity (Wildman–Crippen MR) is 48.7 cm³/mol. The zero-order valence-corrected chi connectivity index (χ0v) is 7.41. The van der Waals surface area contributed by atoms with Crippen LogP contribution in [0, 0.1) is 0 Å². The van der Waals surface area contributed by atoms with Crippen LogP contribution >= 0.6 is 0 Å². The summed E-state index contributed by atoms with van der Waals surface area (Å²) in [4.78, 5) is 3.12. The minimum absolute atomic E-state index is 0.241. The van der Waals surface area contributed by atoms with Gasteiger partial charge in [0.25, 0.3) is 0 Å². The van der Waals surface area contributed by atoms with Crippen molar-refractivity contribution in [3.05, 3.63) is 28.8 Å². The van der Waals surface area contributed by atoms with Gasteiger partial charge < -0.3 is 11.3 Å². The molecule has 1 rings (SSSR count). The Bertz CT molecular complexity index is 293. The Morgan fingerprint density at radius 1 is 1.58 bits per heavy atom. The van der Waals surface area contributed by atoms with Crippen LogP contribution in [0.25, 0.3) is 5.53 Å². The van der Waals surface area contributed by atoms with Crippen molar-refractivity contribution in [3.8, 4) is 0 Å². The normalized spacial score (nSPS) is 22.9. The van der Waals surface area contributed by atoms with Crippen LogP contribution in [0.15, 0.2) is 23.3 Å². The fourth-order valence-corrected chi connectivity index (χ4v) is 1.33. The summed E-state index contributed by atoms with van der Waals surface area (Å²) in [6.45, 7) is 4.05. The summed E-state index contributed by atoms with van der Waals surface area (Å²) < 4.78 is 0. The van der Waals surface area contributed by atoms with Crippen LogP contribution < -0.4 is 5.73 Å². The molecule has 0 aromatic heterocycles. The van der Waals surface area contributed by atoms with Crippen molar-refractivity contribution in [2.45, 2.75) is 26.3 Å². The second-order valence-electron chi connectivity index (χ2n) is 2.90. The average Bonchev–Trinajstić information content (AvgIpc) is 2.10. The zero-order valence-electron chi connectivity index (χ0n) is 7.41. The Labute approximate surface area is 72.2 Å². The maximum atomic E-state index is 8.57. The minimum atomic E-state index is -0.241. The first kappa shape index (κ1) is 8.91. The third-order valence-corrected chi connectivity index (χ3v) is 2.24. The fraction of sp³-hybridized carbons (Fsp3) is 0.444. The van der Waals surface area contributed by atoms with Gasteiger partial charge >= 0.3 is 5.71 Å². The Hall–Kier alpha value is -1.18. The molecule has 64 valence electrons. The first-order valence-electron chi connectivity index (χ1n) is 4.06. The van der Waals surface area contributed by atoms with Gasteiger partial charge in [0.2, 0.25) is 0 Å². The van der Waals surface area contributed by atoms with Crippen molar-refractivity contribution in [2.75, 3.05) is 0 Å². The molecule has 0 saturated carbocycles. The first-order chi connectivity index (χ1) is 5.70. The minimum Gasteiger partial charge on any atom is -0.361 e. The Morgan fingerprint density at radius 2 is 2.25 bits per heavy atom. The number of hydrogen-bond acceptors (Lipinski definition) is 1. The van der Waals surface area contributed by atoms with Crippen molar-refractivity contribution in [1.29, 1.82) is 0 Å². The third-order valence-electron chi connectivity index (χ3n) is 2.24. The van der Waals surface area contributed by atoms with Gasteiger partial charge in [0.1, 0.15) is 6.04 Å². The SMILES string of the molecule is CCC1=C(C)C(N)C(=[N+]=[N-])C=C1. The van der Waals surface area contributed by atoms with E-state index in [1.165, 1.54) is 5.57 Å². The summed E-state index contributed by atoms with van der Waals surface area (Å²) in [5.74, 6) is 0. The molecule has 0 spiro atoms. The van der Waals surface area contributed by atoms with E-state index in [-0.39, 0.29) is 6.04 Å². The quantitative estimate of drug-likeness (QED) is 0.459. The Kier molecular flexibility index (Phi) is 2.58. The molecule has 12 heavy (non-hydrogen) atoms. The molecule has 1 unspecified atom stereocenters. The summed E-state index contributed by atoms with van der Waals surface area (Å²) in [6, 6.07) is -0.241. The fourth-order valence-electron chi connectivity index (χ4n) is 1.33. The number of allylic oxidation sites excluding steroid dienone is 2. The van der Waals surface area contributed by atoms with Gasteiger partial charge in [-0.25, -0.2) is 0 Å². The van der Waals surface area contributed by atoms with Crippen molar-refractivity contribution >= 4 is 5.71 Å². The molecule has 0 fully saturated rings. The second-order valence-corrected chi connectivity index (χ2v) is 2.90. The highest BCUT2D eigenvalue weighted by atomic mass is 14.9. The van der Waals surface area contributed by atoms with E-state index in [1.807, 2.05) is 13.0 Å². The van der Waals surface area contributed by atoms with Crippen LogP contribution in [-0.2, 0) is 0 Å². The molecular weight excluding hydrogens is 150 g/mol. The molecule has 3 nitrogen and oxygen atoms in total. The molecule has 0 saturated heterocycles. The molecule has 0 aromatic rings. The van der Waals surface area contributed by atoms with Crippen LogP contribution in [0.2, 0.25) is 0 Å². The van der Waals surface area contributed by atoms with E-state index in [0.29, 0.717) is 5.71 Å². The largest absolute Gasteiger partial charge is 0.361 e. The topological polar surface area (TPSA) is 62.4 Å². The van der Waals surface area contributed by atoms with Crippen LogP contribution in [0.4, 0.5) is 0 Å². The molecular formula is C9H13N3. The van der Waals surface area contributed by atoms with Crippen LogP contribution in [0.3, 0.4) is 0 Å². The number of rotatable bonds is 1. The lowest BCUT2D eigenvalue weighted by atomic mass is 9.92. The predicted octanol–water partition coefficient (Wildman–Crippen LogP) is 1.28. The molecule has 1 atom stereocenters. The van der Waals surface area contributed by atoms with Crippen LogP contribution in [-0.4, -0.2) is 16.5 Å². The van der Waals surface area contributed by atoms with Crippen LogP contribution in [0.5, 0.6) is 0 Å². The maximum Gasteiger partial charge on any atom is 0.312 e. The van der Waals surface area contributed by atoms with Crippen molar-refractivity contribution in [3.63, 3.8) is 0 Å². The van der Waals surface area contributed by atoms with Crippen molar-refractivity contribution < 1.29 is 4.79 Å². The van der Waals surface area contributed by atoms with Gasteiger partial charge in [-0.1, -0.05) is 13.0 Å². The van der Waals surface area contributed by atoms with E-state index >= 15 is 0 Å². The van der Waals surface area contributed by atoms with Gasteiger partial charge in [-0.2, -0.15) is 4.79 Å². The molecule has 0 aromatic carbocycles. The highest BCUT2D eigenvalue weighted by Crippen LogP contribution is 2.17. The summed E-state index contributed by atoms with van der Waals surface area (Å²) in [5.41, 5.74) is 17.2. The van der Waals surface area contributed by atoms with Gasteiger partial charge in [-0.05, 0) is 24.5 Å². The molecule has 0 radical (unpaired) electrons. The van der Waals surface area contributed by atoms with E-state index in [9.17, 15) is 0 Å². The molecule has 1 aliphatic carbocycles. The monoisotopic (exact) mass is 163 g/mol. The smallest absolute Gasteiger partial charge is 0.312 e. The summed E-state index contributed by atoms with van der Waals surface area (Å²) in [5, 5.41) is 0. The third kappa shape index (κ3) is 1.37. The van der Waals surface area contributed by atoms with E-state index < -0.39 is 0 Å². The van der Waals surface area contributed by atoms with Crippen molar-refractivity contribution in [1.82, 2.24) is 0 Å². The maximum absolute atomic E-state index is 8.57. The lowest BCUT2D eigenvalue weighted by Crippen LogP contribution is -2.33. The molecule has 0 bridgehead atoms. The summed E-state index contributed by atoms with van der Waals surface area (Å²) >= 11 is 0. The first-order valence-corrected chi connectivity index (χ1v) is 4.06. The summed E-state index contributed by atoms with van der Waals surface area (Å²) in [6.07, 6.45) is 4.68. The van der Waals surface area contributed by atoms with Gasteiger partial charge in [-0.3, -0.25) is 0 Å². The number of nitrogens with two attached hydrogens (primary N) is 1. The molecule has 0 aliphatic heterocycles. The van der Waals surface area contributed by atoms with E-state index in [0.717, 1.165) is 12.0 Å². The van der Waals surface area contributed by atoms with Gasteiger partial charge in [0.05, 0.1) is 0 Å². The molecule has 1 aliphatic rings.